The molecule has 4 heterocycles. The van der Waals surface area contributed by atoms with Gasteiger partial charge < -0.3 is 28.7 Å². The molecular weight excluding hydrogens is 447 g/mol. The minimum Gasteiger partial charge on any atom is -0.455 e. The average Bonchev–Trinajstić information content (AvgIpc) is 3.39. The van der Waals surface area contributed by atoms with E-state index in [9.17, 15) is 18.0 Å². The number of ether oxygens (including phenoxy) is 4. The van der Waals surface area contributed by atoms with Crippen LogP contribution in [0.25, 0.3) is 11.3 Å². The summed E-state index contributed by atoms with van der Waals surface area (Å²) in [6.45, 7) is 2.84. The van der Waals surface area contributed by atoms with Gasteiger partial charge in [-0.1, -0.05) is 0 Å². The first kappa shape index (κ1) is 22.4. The Hall–Kier alpha value is -2.41. The number of rotatable bonds is 5. The first-order chi connectivity index (χ1) is 15.9. The Labute approximate surface area is 187 Å². The van der Waals surface area contributed by atoms with Crippen molar-refractivity contribution in [3.8, 4) is 11.3 Å². The molecule has 2 fully saturated rings. The monoisotopic (exact) mass is 471 g/mol. The molecule has 0 unspecified atom stereocenters. The largest absolute Gasteiger partial charge is 0.455 e. The highest BCUT2D eigenvalue weighted by Crippen LogP contribution is 2.46. The van der Waals surface area contributed by atoms with E-state index in [1.165, 1.54) is 0 Å². The minimum absolute atomic E-state index is 0.0187. The van der Waals surface area contributed by atoms with Gasteiger partial charge in [-0.15, -0.1) is 0 Å². The first-order valence-corrected chi connectivity index (χ1v) is 10.9. The molecule has 0 bridgehead atoms. The summed E-state index contributed by atoms with van der Waals surface area (Å²) in [6, 6.07) is 0. The summed E-state index contributed by atoms with van der Waals surface area (Å²) in [6.07, 6.45) is -3.01. The highest BCUT2D eigenvalue weighted by molar-refractivity contribution is 5.96. The average molecular weight is 471 g/mol. The number of fused-ring (bicyclic) bond motifs is 3. The van der Waals surface area contributed by atoms with Crippen LogP contribution in [0.15, 0.2) is 10.6 Å². The Morgan fingerprint density at radius 1 is 1.09 bits per heavy atom. The Morgan fingerprint density at radius 3 is 2.48 bits per heavy atom. The molecule has 0 spiro atoms. The van der Waals surface area contributed by atoms with Crippen molar-refractivity contribution in [2.45, 2.75) is 37.8 Å². The lowest BCUT2D eigenvalue weighted by Gasteiger charge is -2.23. The Kier molecular flexibility index (Phi) is 6.16. The second-order valence-electron chi connectivity index (χ2n) is 8.17. The van der Waals surface area contributed by atoms with Gasteiger partial charge in [-0.3, -0.25) is 9.48 Å². The van der Waals surface area contributed by atoms with Gasteiger partial charge in [0.25, 0.3) is 5.91 Å². The Balaban J connectivity index is 1.42. The fraction of sp³-hybridized carbons (Fsp3) is 0.619. The number of hydrogen-bond donors (Lipinski definition) is 1. The van der Waals surface area contributed by atoms with Gasteiger partial charge in [0.1, 0.15) is 17.4 Å². The highest BCUT2D eigenvalue weighted by atomic mass is 19.4. The van der Waals surface area contributed by atoms with Gasteiger partial charge in [0.15, 0.2) is 0 Å². The van der Waals surface area contributed by atoms with E-state index in [1.807, 2.05) is 0 Å². The maximum absolute atomic E-state index is 14.1. The van der Waals surface area contributed by atoms with Crippen LogP contribution in [-0.2, 0) is 44.5 Å². The molecule has 2 atom stereocenters. The molecule has 2 saturated heterocycles. The zero-order valence-corrected chi connectivity index (χ0v) is 17.8. The topological polar surface area (TPSA) is 97.0 Å². The Morgan fingerprint density at radius 2 is 1.82 bits per heavy atom. The molecule has 5 rings (SSSR count). The van der Waals surface area contributed by atoms with E-state index in [4.69, 9.17) is 23.4 Å². The van der Waals surface area contributed by atoms with Crippen LogP contribution in [0.5, 0.6) is 0 Å². The molecule has 180 valence electrons. The van der Waals surface area contributed by atoms with Gasteiger partial charge in [-0.25, -0.2) is 0 Å². The molecular formula is C21H24F3N3O6. The van der Waals surface area contributed by atoms with Gasteiger partial charge in [0, 0.05) is 19.2 Å². The third-order valence-electron chi connectivity index (χ3n) is 5.82. The van der Waals surface area contributed by atoms with Gasteiger partial charge in [0.05, 0.1) is 63.5 Å². The van der Waals surface area contributed by atoms with E-state index in [1.54, 1.807) is 10.9 Å². The van der Waals surface area contributed by atoms with Crippen LogP contribution in [0.4, 0.5) is 13.2 Å². The third-order valence-corrected chi connectivity index (χ3v) is 5.82. The number of hydrogen-bond acceptors (Lipinski definition) is 7. The molecule has 0 aromatic carbocycles. The van der Waals surface area contributed by atoms with Gasteiger partial charge in [-0.2, -0.15) is 18.3 Å². The number of nitrogens with one attached hydrogen (secondary N) is 1. The molecule has 2 aromatic heterocycles. The van der Waals surface area contributed by atoms with Crippen LogP contribution in [0.2, 0.25) is 0 Å². The standard InChI is InChI=1S/C21H24F3N3O6/c22-21(23,24)17-16-15(33-19(17)20(28)25-7-13-10-29-3-5-31-13)2-1-12-8-27(26-18(12)16)9-14-11-30-4-6-32-14/h8,13-14H,1-7,9-11H2,(H,25,28)/t13-,14+/m1/s1. The first-order valence-electron chi connectivity index (χ1n) is 10.9. The van der Waals surface area contributed by atoms with E-state index in [-0.39, 0.29) is 42.7 Å². The van der Waals surface area contributed by atoms with Gasteiger partial charge in [0.2, 0.25) is 5.76 Å². The molecule has 12 heteroatoms. The molecule has 9 nitrogen and oxygen atoms in total. The zero-order valence-electron chi connectivity index (χ0n) is 17.8. The fourth-order valence-electron chi connectivity index (χ4n) is 4.32. The fourth-order valence-corrected chi connectivity index (χ4v) is 4.32. The van der Waals surface area contributed by atoms with Gasteiger partial charge >= 0.3 is 6.18 Å². The summed E-state index contributed by atoms with van der Waals surface area (Å²) < 4.78 is 71.2. The number of nitrogens with zero attached hydrogens (tertiary/aromatic N) is 2. The number of alkyl halides is 3. The number of amides is 1. The lowest BCUT2D eigenvalue weighted by atomic mass is 9.93. The number of furan rings is 1. The van der Waals surface area contributed by atoms with Crippen molar-refractivity contribution >= 4 is 5.91 Å². The summed E-state index contributed by atoms with van der Waals surface area (Å²) in [5.74, 6) is -1.59. The maximum Gasteiger partial charge on any atom is 0.420 e. The maximum atomic E-state index is 14.1. The predicted octanol–water partition coefficient (Wildman–Crippen LogP) is 1.82. The summed E-state index contributed by atoms with van der Waals surface area (Å²) in [5, 5.41) is 6.89. The van der Waals surface area contributed by atoms with Crippen molar-refractivity contribution in [2.75, 3.05) is 46.2 Å². The molecule has 1 amide bonds. The third kappa shape index (κ3) is 4.65. The number of aryl methyl sites for hydroxylation is 2. The van der Waals surface area contributed by atoms with Gasteiger partial charge in [-0.05, 0) is 12.0 Å². The molecule has 2 aromatic rings. The normalized spacial score (nSPS) is 23.1. The number of carbonyl (C=O) groups is 1. The zero-order chi connectivity index (χ0) is 23.0. The molecule has 2 aliphatic heterocycles. The molecule has 1 N–H and O–H groups in total. The van der Waals surface area contributed by atoms with E-state index in [0.717, 1.165) is 0 Å². The van der Waals surface area contributed by atoms with Crippen molar-refractivity contribution in [1.29, 1.82) is 0 Å². The lowest BCUT2D eigenvalue weighted by Crippen LogP contribution is -2.40. The van der Waals surface area contributed by atoms with Crippen molar-refractivity contribution in [3.63, 3.8) is 0 Å². The summed E-state index contributed by atoms with van der Waals surface area (Å²) in [4.78, 5) is 12.7. The number of aromatic nitrogens is 2. The van der Waals surface area contributed by atoms with Crippen molar-refractivity contribution < 1.29 is 41.3 Å². The molecule has 33 heavy (non-hydrogen) atoms. The second-order valence-corrected chi connectivity index (χ2v) is 8.17. The molecule has 0 saturated carbocycles. The highest BCUT2D eigenvalue weighted by Gasteiger charge is 2.45. The summed E-state index contributed by atoms with van der Waals surface area (Å²) >= 11 is 0. The van der Waals surface area contributed by atoms with E-state index < -0.39 is 29.5 Å². The number of halogens is 3. The summed E-state index contributed by atoms with van der Waals surface area (Å²) in [5.41, 5.74) is -0.401. The van der Waals surface area contributed by atoms with Crippen LogP contribution in [0.1, 0.15) is 27.4 Å². The van der Waals surface area contributed by atoms with E-state index in [2.05, 4.69) is 10.4 Å². The Bertz CT molecular complexity index is 1010. The predicted molar refractivity (Wildman–Crippen MR) is 106 cm³/mol. The smallest absolute Gasteiger partial charge is 0.420 e. The molecule has 1 aliphatic carbocycles. The van der Waals surface area contributed by atoms with E-state index >= 15 is 0 Å². The second kappa shape index (κ2) is 9.09. The SMILES string of the molecule is O=C(NC[C@@H]1COCCO1)c1oc2c(c1C(F)(F)F)-c1nn(C[C@H]3COCCO3)cc1CC2. The van der Waals surface area contributed by atoms with Crippen LogP contribution >= 0.6 is 0 Å². The quantitative estimate of drug-likeness (QED) is 0.711. The van der Waals surface area contributed by atoms with Crippen molar-refractivity contribution in [2.24, 2.45) is 0 Å². The van der Waals surface area contributed by atoms with Crippen LogP contribution in [0.3, 0.4) is 0 Å². The lowest BCUT2D eigenvalue weighted by molar-refractivity contribution is -0.137. The van der Waals surface area contributed by atoms with E-state index in [0.29, 0.717) is 51.6 Å². The minimum atomic E-state index is -4.80. The summed E-state index contributed by atoms with van der Waals surface area (Å²) in [7, 11) is 0. The van der Waals surface area contributed by atoms with Crippen LogP contribution in [-0.4, -0.2) is 74.1 Å². The van der Waals surface area contributed by atoms with Crippen LogP contribution in [0, 0.1) is 0 Å². The van der Waals surface area contributed by atoms with Crippen molar-refractivity contribution in [3.05, 3.63) is 28.8 Å². The van der Waals surface area contributed by atoms with Crippen LogP contribution < -0.4 is 5.32 Å². The molecule has 0 radical (unpaired) electrons. The van der Waals surface area contributed by atoms with Crippen molar-refractivity contribution in [1.82, 2.24) is 15.1 Å². The molecule has 3 aliphatic rings. The number of carbonyl (C=O) groups excluding carboxylic acids is 1.